The van der Waals surface area contributed by atoms with E-state index in [4.69, 9.17) is 9.47 Å². The van der Waals surface area contributed by atoms with Gasteiger partial charge in [0, 0.05) is 52.1 Å². The molecule has 27 heavy (non-hydrogen) atoms. The highest BCUT2D eigenvalue weighted by Gasteiger charge is 2.40. The van der Waals surface area contributed by atoms with Gasteiger partial charge in [0.15, 0.2) is 0 Å². The van der Waals surface area contributed by atoms with Gasteiger partial charge in [-0.25, -0.2) is 0 Å². The van der Waals surface area contributed by atoms with Gasteiger partial charge in [-0.2, -0.15) is 0 Å². The first kappa shape index (κ1) is 18.1. The summed E-state index contributed by atoms with van der Waals surface area (Å²) < 4.78 is 11.4. The third kappa shape index (κ3) is 3.49. The van der Waals surface area contributed by atoms with Gasteiger partial charge in [-0.15, -0.1) is 0 Å². The summed E-state index contributed by atoms with van der Waals surface area (Å²) in [6.45, 7) is 3.34. The van der Waals surface area contributed by atoms with Crippen molar-refractivity contribution in [3.8, 4) is 0 Å². The van der Waals surface area contributed by atoms with E-state index < -0.39 is 0 Å². The Bertz CT molecular complexity index is 716. The number of fused-ring (bicyclic) bond motifs is 1. The van der Waals surface area contributed by atoms with Gasteiger partial charge in [0.25, 0.3) is 11.8 Å². The van der Waals surface area contributed by atoms with E-state index in [9.17, 15) is 14.4 Å². The monoisotopic (exact) mass is 372 g/mol. The molecule has 1 spiro atoms. The van der Waals surface area contributed by atoms with Crippen molar-refractivity contribution in [2.24, 2.45) is 0 Å². The second-order valence-corrected chi connectivity index (χ2v) is 7.37. The van der Waals surface area contributed by atoms with Gasteiger partial charge in [-0.05, 0) is 18.6 Å². The predicted octanol–water partition coefficient (Wildman–Crippen LogP) is 1.47. The Morgan fingerprint density at radius 1 is 1.04 bits per heavy atom. The highest BCUT2D eigenvalue weighted by molar-refractivity contribution is 6.21. The van der Waals surface area contributed by atoms with E-state index in [1.807, 2.05) is 4.90 Å². The van der Waals surface area contributed by atoms with Crippen molar-refractivity contribution in [1.82, 2.24) is 9.80 Å². The quantitative estimate of drug-likeness (QED) is 0.748. The first-order chi connectivity index (χ1) is 13.1. The second kappa shape index (κ2) is 7.40. The summed E-state index contributed by atoms with van der Waals surface area (Å²) in [5, 5.41) is 0. The van der Waals surface area contributed by atoms with Gasteiger partial charge in [-0.1, -0.05) is 12.1 Å². The van der Waals surface area contributed by atoms with Crippen LogP contribution in [-0.4, -0.2) is 72.6 Å². The number of hydrogen-bond acceptors (Lipinski definition) is 5. The summed E-state index contributed by atoms with van der Waals surface area (Å²) in [5.74, 6) is -0.480. The first-order valence-electron chi connectivity index (χ1n) is 9.54. The maximum Gasteiger partial charge on any atom is 0.261 e. The molecular weight excluding hydrogens is 348 g/mol. The van der Waals surface area contributed by atoms with Crippen molar-refractivity contribution in [3.05, 3.63) is 35.4 Å². The largest absolute Gasteiger partial charge is 0.381 e. The van der Waals surface area contributed by atoms with E-state index in [0.29, 0.717) is 56.9 Å². The van der Waals surface area contributed by atoms with Crippen LogP contribution in [0.25, 0.3) is 0 Å². The Morgan fingerprint density at radius 3 is 2.37 bits per heavy atom. The number of carbonyl (C=O) groups excluding carboxylic acids is 3. The van der Waals surface area contributed by atoms with Crippen LogP contribution in [0.2, 0.25) is 0 Å². The molecule has 3 amide bonds. The Balaban J connectivity index is 1.30. The van der Waals surface area contributed by atoms with Gasteiger partial charge < -0.3 is 14.4 Å². The molecule has 144 valence electrons. The lowest BCUT2D eigenvalue weighted by Crippen LogP contribution is -2.55. The minimum Gasteiger partial charge on any atom is -0.381 e. The van der Waals surface area contributed by atoms with E-state index in [1.54, 1.807) is 24.3 Å². The van der Waals surface area contributed by atoms with Gasteiger partial charge in [-0.3, -0.25) is 19.3 Å². The van der Waals surface area contributed by atoms with Crippen LogP contribution in [0.15, 0.2) is 24.3 Å². The molecular formula is C20H24N2O5. The van der Waals surface area contributed by atoms with Crippen LogP contribution in [0, 0.1) is 0 Å². The molecule has 1 aromatic carbocycles. The van der Waals surface area contributed by atoms with E-state index in [2.05, 4.69) is 0 Å². The smallest absolute Gasteiger partial charge is 0.261 e. The lowest BCUT2D eigenvalue weighted by Gasteiger charge is -2.44. The number of morpholine rings is 1. The maximum absolute atomic E-state index is 12.6. The van der Waals surface area contributed by atoms with Crippen LogP contribution in [-0.2, 0) is 14.3 Å². The van der Waals surface area contributed by atoms with Crippen molar-refractivity contribution in [3.63, 3.8) is 0 Å². The SMILES string of the molecule is O=C(CCCN1C(=O)c2ccccc2C1=O)N1CCOC2(CCOCC2)C1. The number of rotatable bonds is 4. The summed E-state index contributed by atoms with van der Waals surface area (Å²) in [6, 6.07) is 6.84. The van der Waals surface area contributed by atoms with Gasteiger partial charge >= 0.3 is 0 Å². The molecule has 1 aromatic rings. The number of carbonyl (C=O) groups is 3. The van der Waals surface area contributed by atoms with Crippen LogP contribution < -0.4 is 0 Å². The molecule has 0 aliphatic carbocycles. The van der Waals surface area contributed by atoms with Crippen LogP contribution in [0.1, 0.15) is 46.4 Å². The van der Waals surface area contributed by atoms with Gasteiger partial charge in [0.05, 0.1) is 23.3 Å². The minimum atomic E-state index is -0.269. The highest BCUT2D eigenvalue weighted by Crippen LogP contribution is 2.29. The molecule has 7 heteroatoms. The zero-order chi connectivity index (χ0) is 18.9. The van der Waals surface area contributed by atoms with Crippen LogP contribution in [0.5, 0.6) is 0 Å². The van der Waals surface area contributed by atoms with Crippen molar-refractivity contribution < 1.29 is 23.9 Å². The predicted molar refractivity (Wildman–Crippen MR) is 96.4 cm³/mol. The molecule has 0 radical (unpaired) electrons. The van der Waals surface area contributed by atoms with Gasteiger partial charge in [0.2, 0.25) is 5.91 Å². The van der Waals surface area contributed by atoms with E-state index in [0.717, 1.165) is 12.8 Å². The van der Waals surface area contributed by atoms with E-state index >= 15 is 0 Å². The topological polar surface area (TPSA) is 76.2 Å². The third-order valence-electron chi connectivity index (χ3n) is 5.66. The summed E-state index contributed by atoms with van der Waals surface area (Å²) in [6.07, 6.45) is 2.41. The molecule has 3 aliphatic rings. The number of nitrogens with zero attached hydrogens (tertiary/aromatic N) is 2. The normalized spacial score (nSPS) is 21.6. The first-order valence-corrected chi connectivity index (χ1v) is 9.54. The van der Waals surface area contributed by atoms with Crippen molar-refractivity contribution in [2.45, 2.75) is 31.3 Å². The lowest BCUT2D eigenvalue weighted by atomic mass is 9.92. The lowest BCUT2D eigenvalue weighted by molar-refractivity contribution is -0.168. The average Bonchev–Trinajstić information content (AvgIpc) is 2.94. The van der Waals surface area contributed by atoms with Gasteiger partial charge in [0.1, 0.15) is 0 Å². The van der Waals surface area contributed by atoms with Crippen LogP contribution in [0.3, 0.4) is 0 Å². The standard InChI is InChI=1S/C20H24N2O5/c23-17(21-10-13-27-20(14-21)7-11-26-12-8-20)6-3-9-22-18(24)15-4-1-2-5-16(15)19(22)25/h1-2,4-5H,3,6-14H2. The molecule has 2 saturated heterocycles. The number of benzene rings is 1. The second-order valence-electron chi connectivity index (χ2n) is 7.37. The van der Waals surface area contributed by atoms with Crippen molar-refractivity contribution >= 4 is 17.7 Å². The zero-order valence-corrected chi connectivity index (χ0v) is 15.3. The maximum atomic E-state index is 12.6. The molecule has 0 unspecified atom stereocenters. The summed E-state index contributed by atoms with van der Waals surface area (Å²) in [7, 11) is 0. The highest BCUT2D eigenvalue weighted by atomic mass is 16.5. The Morgan fingerprint density at radius 2 is 1.70 bits per heavy atom. The molecule has 4 rings (SSSR count). The number of ether oxygens (including phenoxy) is 2. The number of amides is 3. The fourth-order valence-corrected chi connectivity index (χ4v) is 4.09. The molecule has 3 heterocycles. The molecule has 7 nitrogen and oxygen atoms in total. The zero-order valence-electron chi connectivity index (χ0n) is 15.3. The molecule has 3 aliphatic heterocycles. The fourth-order valence-electron chi connectivity index (χ4n) is 4.09. The van der Waals surface area contributed by atoms with Crippen LogP contribution >= 0.6 is 0 Å². The molecule has 0 N–H and O–H groups in total. The minimum absolute atomic E-state index is 0.0563. The number of hydrogen-bond donors (Lipinski definition) is 0. The Kier molecular flexibility index (Phi) is 4.97. The molecule has 0 bridgehead atoms. The number of imide groups is 1. The Hall–Kier alpha value is -2.25. The molecule has 0 aromatic heterocycles. The van der Waals surface area contributed by atoms with E-state index in [1.165, 1.54) is 4.90 Å². The summed E-state index contributed by atoms with van der Waals surface area (Å²) >= 11 is 0. The van der Waals surface area contributed by atoms with Crippen molar-refractivity contribution in [1.29, 1.82) is 0 Å². The third-order valence-corrected chi connectivity index (χ3v) is 5.66. The molecule has 0 atom stereocenters. The van der Waals surface area contributed by atoms with E-state index in [-0.39, 0.29) is 29.9 Å². The Labute approximate surface area is 158 Å². The molecule has 0 saturated carbocycles. The van der Waals surface area contributed by atoms with Crippen LogP contribution in [0.4, 0.5) is 0 Å². The van der Waals surface area contributed by atoms with Crippen molar-refractivity contribution in [2.75, 3.05) is 39.5 Å². The summed E-state index contributed by atoms with van der Waals surface area (Å²) in [5.41, 5.74) is 0.626. The average molecular weight is 372 g/mol. The molecule has 2 fully saturated rings. The summed E-state index contributed by atoms with van der Waals surface area (Å²) in [4.78, 5) is 40.5. The fraction of sp³-hybridized carbons (Fsp3) is 0.550.